The molecular weight excluding hydrogens is 687 g/mol. The molecule has 0 radical (unpaired) electrons. The third kappa shape index (κ3) is 5.48. The highest BCUT2D eigenvalue weighted by Gasteiger charge is 2.47. The minimum absolute atomic E-state index is 0.110. The topological polar surface area (TPSA) is 0 Å². The molecule has 2 aliphatic heterocycles. The summed E-state index contributed by atoms with van der Waals surface area (Å²) in [4.78, 5) is 0. The van der Waals surface area contributed by atoms with Crippen molar-refractivity contribution in [1.29, 1.82) is 0 Å². The summed E-state index contributed by atoms with van der Waals surface area (Å²) in [6.45, 7) is 15.3. The van der Waals surface area contributed by atoms with Gasteiger partial charge in [-0.05, 0) is 116 Å². The first-order chi connectivity index (χ1) is 26.0. The van der Waals surface area contributed by atoms with Crippen LogP contribution in [0.2, 0.25) is 0 Å². The largest absolute Gasteiger partial charge is 0.0880 e. The fourth-order valence-corrected chi connectivity index (χ4v) is 17.1. The van der Waals surface area contributed by atoms with Gasteiger partial charge in [0, 0.05) is 11.3 Å². The number of hydrogen-bond acceptors (Lipinski definition) is 0. The van der Waals surface area contributed by atoms with Crippen molar-refractivity contribution in [3.63, 3.8) is 0 Å². The maximum absolute atomic E-state index is 2.65. The molecule has 10 rings (SSSR count). The molecule has 0 saturated carbocycles. The first-order valence-electron chi connectivity index (χ1n) is 19.7. The Labute approximate surface area is 323 Å². The standard InChI is InChI=1S/C52H48P2/c1-51(2,3)53-31-33-21-22-36-15-11-19-42(45(36)29-33)43-20-12-16-37-23-25-38(30-46(37)43)49(53)50-44-28-27-35-14-8-10-18-41(35)48(44)47-39(32-54(50)52(4,5)6)26-24-34-13-7-9-17-40(34)47/h7-30,49-50H,31-32H2,1-6H3/t49-,50-,53+,54+/m1/s1. The maximum atomic E-state index is 2.65. The quantitative estimate of drug-likeness (QED) is 0.147. The van der Waals surface area contributed by atoms with Gasteiger partial charge in [0.2, 0.25) is 0 Å². The molecule has 266 valence electrons. The number of rotatable bonds is 1. The van der Waals surface area contributed by atoms with Gasteiger partial charge in [0.25, 0.3) is 0 Å². The van der Waals surface area contributed by atoms with Crippen molar-refractivity contribution in [2.24, 2.45) is 0 Å². The molecule has 8 aromatic carbocycles. The van der Waals surface area contributed by atoms with Crippen molar-refractivity contribution in [1.82, 2.24) is 0 Å². The Balaban J connectivity index is 1.35. The Morgan fingerprint density at radius 1 is 0.426 bits per heavy atom. The summed E-state index contributed by atoms with van der Waals surface area (Å²) < 4.78 is 0. The first kappa shape index (κ1) is 34.2. The van der Waals surface area contributed by atoms with E-state index in [0.29, 0.717) is 11.3 Å². The Bertz CT molecular complexity index is 2780. The summed E-state index contributed by atoms with van der Waals surface area (Å²) in [6.07, 6.45) is 2.22. The van der Waals surface area contributed by atoms with E-state index in [0.717, 1.165) is 12.3 Å². The van der Waals surface area contributed by atoms with Crippen LogP contribution in [0.3, 0.4) is 0 Å². The smallest absolute Gasteiger partial charge is 0.0164 e. The van der Waals surface area contributed by atoms with Crippen molar-refractivity contribution in [2.75, 3.05) is 0 Å². The highest BCUT2D eigenvalue weighted by molar-refractivity contribution is 7.63. The molecule has 4 atom stereocenters. The summed E-state index contributed by atoms with van der Waals surface area (Å²) in [5, 5.41) is 11.1. The molecule has 2 heteroatoms. The van der Waals surface area contributed by atoms with Crippen molar-refractivity contribution in [3.8, 4) is 22.3 Å². The van der Waals surface area contributed by atoms with Gasteiger partial charge >= 0.3 is 0 Å². The minimum atomic E-state index is -0.580. The van der Waals surface area contributed by atoms with E-state index in [9.17, 15) is 0 Å². The fraction of sp³-hybridized carbons (Fsp3) is 0.231. The van der Waals surface area contributed by atoms with Crippen LogP contribution in [0.1, 0.15) is 75.1 Å². The van der Waals surface area contributed by atoms with E-state index < -0.39 is 15.8 Å². The molecule has 0 unspecified atom stereocenters. The minimum Gasteiger partial charge on any atom is -0.0880 e. The number of hydrogen-bond donors (Lipinski definition) is 0. The lowest BCUT2D eigenvalue weighted by Crippen LogP contribution is -2.25. The average Bonchev–Trinajstić information content (AvgIpc) is 3.33. The van der Waals surface area contributed by atoms with Crippen LogP contribution in [-0.4, -0.2) is 10.3 Å². The van der Waals surface area contributed by atoms with Crippen LogP contribution in [-0.2, 0) is 12.3 Å². The summed E-state index contributed by atoms with van der Waals surface area (Å²) in [6, 6.07) is 57.1. The maximum Gasteiger partial charge on any atom is 0.0164 e. The van der Waals surface area contributed by atoms with E-state index in [1.165, 1.54) is 82.0 Å². The third-order valence-corrected chi connectivity index (χ3v) is 20.0. The van der Waals surface area contributed by atoms with Crippen LogP contribution < -0.4 is 0 Å². The van der Waals surface area contributed by atoms with E-state index in [1.807, 2.05) is 0 Å². The van der Waals surface area contributed by atoms with Gasteiger partial charge in [-0.25, -0.2) is 0 Å². The van der Waals surface area contributed by atoms with Crippen molar-refractivity contribution in [3.05, 3.63) is 168 Å². The van der Waals surface area contributed by atoms with Gasteiger partial charge in [0.05, 0.1) is 0 Å². The lowest BCUT2D eigenvalue weighted by atomic mass is 9.85. The second-order valence-electron chi connectivity index (χ2n) is 17.7. The Kier molecular flexibility index (Phi) is 7.97. The van der Waals surface area contributed by atoms with Crippen LogP contribution >= 0.6 is 15.8 Å². The Hall–Kier alpha value is -4.34. The molecule has 0 amide bonds. The van der Waals surface area contributed by atoms with Crippen LogP contribution in [0.15, 0.2) is 146 Å². The zero-order valence-electron chi connectivity index (χ0n) is 32.3. The van der Waals surface area contributed by atoms with Crippen molar-refractivity contribution >= 4 is 58.9 Å². The van der Waals surface area contributed by atoms with Crippen LogP contribution in [0.25, 0.3) is 65.3 Å². The molecular formula is C52H48P2. The summed E-state index contributed by atoms with van der Waals surface area (Å²) in [7, 11) is -1.13. The van der Waals surface area contributed by atoms with E-state index in [1.54, 1.807) is 5.56 Å². The summed E-state index contributed by atoms with van der Waals surface area (Å²) >= 11 is 0. The predicted octanol–water partition coefficient (Wildman–Crippen LogP) is 16.0. The SMILES string of the molecule is CC(C)(C)[P@@]1Cc2ccc3cccc(c3c2)-c2cccc3ccc(cc23)[C@@H]1[C@H]1c2ccc3ccccc3c2-c2c(ccc3ccccc23)C[P@]1C(C)(C)C. The lowest BCUT2D eigenvalue weighted by Gasteiger charge is -2.48. The fourth-order valence-electron chi connectivity index (χ4n) is 9.85. The second kappa shape index (κ2) is 12.6. The molecule has 4 bridgehead atoms. The molecule has 0 aromatic heterocycles. The highest BCUT2D eigenvalue weighted by atomic mass is 31.1. The normalized spacial score (nSPS) is 19.9. The molecule has 8 aromatic rings. The summed E-state index contributed by atoms with van der Waals surface area (Å²) in [5.41, 5.74) is 12.5. The van der Waals surface area contributed by atoms with Gasteiger partial charge in [0.15, 0.2) is 0 Å². The van der Waals surface area contributed by atoms with Crippen LogP contribution in [0, 0.1) is 0 Å². The molecule has 0 nitrogen and oxygen atoms in total. The van der Waals surface area contributed by atoms with Gasteiger partial charge < -0.3 is 0 Å². The molecule has 54 heavy (non-hydrogen) atoms. The van der Waals surface area contributed by atoms with E-state index in [2.05, 4.69) is 187 Å². The molecule has 0 aliphatic carbocycles. The van der Waals surface area contributed by atoms with Gasteiger partial charge in [-0.1, -0.05) is 197 Å². The third-order valence-electron chi connectivity index (χ3n) is 12.4. The zero-order valence-corrected chi connectivity index (χ0v) is 34.1. The van der Waals surface area contributed by atoms with E-state index in [4.69, 9.17) is 0 Å². The zero-order chi connectivity index (χ0) is 36.9. The Morgan fingerprint density at radius 2 is 0.944 bits per heavy atom. The highest BCUT2D eigenvalue weighted by Crippen LogP contribution is 2.78. The Morgan fingerprint density at radius 3 is 1.61 bits per heavy atom. The molecule has 0 saturated heterocycles. The monoisotopic (exact) mass is 734 g/mol. The molecule has 0 fully saturated rings. The second-order valence-corrected chi connectivity index (χ2v) is 24.0. The van der Waals surface area contributed by atoms with Gasteiger partial charge in [0.1, 0.15) is 0 Å². The molecule has 2 heterocycles. The first-order valence-corrected chi connectivity index (χ1v) is 22.8. The number of fused-ring (bicyclic) bond motifs is 10. The molecule has 2 aliphatic rings. The van der Waals surface area contributed by atoms with E-state index in [-0.39, 0.29) is 10.3 Å². The van der Waals surface area contributed by atoms with Crippen LogP contribution in [0.5, 0.6) is 0 Å². The summed E-state index contributed by atoms with van der Waals surface area (Å²) in [5.74, 6) is 0. The predicted molar refractivity (Wildman–Crippen MR) is 240 cm³/mol. The van der Waals surface area contributed by atoms with Gasteiger partial charge in [-0.3, -0.25) is 0 Å². The molecule has 0 spiro atoms. The van der Waals surface area contributed by atoms with Crippen molar-refractivity contribution in [2.45, 2.75) is 75.5 Å². The number of benzene rings is 8. The lowest BCUT2D eigenvalue weighted by molar-refractivity contribution is 0.722. The molecule has 0 N–H and O–H groups in total. The van der Waals surface area contributed by atoms with Crippen molar-refractivity contribution < 1.29 is 0 Å². The van der Waals surface area contributed by atoms with Gasteiger partial charge in [-0.15, -0.1) is 0 Å². The van der Waals surface area contributed by atoms with Gasteiger partial charge in [-0.2, -0.15) is 0 Å². The van der Waals surface area contributed by atoms with E-state index >= 15 is 0 Å². The average molecular weight is 735 g/mol. The van der Waals surface area contributed by atoms with Crippen LogP contribution in [0.4, 0.5) is 0 Å².